The van der Waals surface area contributed by atoms with Crippen LogP contribution in [0.4, 0.5) is 13.2 Å². The first-order chi connectivity index (χ1) is 9.07. The minimum absolute atomic E-state index is 0.0313. The lowest BCUT2D eigenvalue weighted by Gasteiger charge is -2.28. The topological polar surface area (TPSA) is 58.6 Å². The Morgan fingerprint density at radius 2 is 1.70 bits per heavy atom. The van der Waals surface area contributed by atoms with Gasteiger partial charge in [-0.1, -0.05) is 0 Å². The Morgan fingerprint density at radius 3 is 2.10 bits per heavy atom. The summed E-state index contributed by atoms with van der Waals surface area (Å²) in [4.78, 5) is 11.2. The van der Waals surface area contributed by atoms with E-state index in [4.69, 9.17) is 4.74 Å². The van der Waals surface area contributed by atoms with Crippen molar-refractivity contribution in [2.75, 3.05) is 13.2 Å². The summed E-state index contributed by atoms with van der Waals surface area (Å²) < 4.78 is 40.7. The monoisotopic (exact) mass is 299 g/mol. The Kier molecular flexibility index (Phi) is 8.12. The average molecular weight is 299 g/mol. The number of hydrogen-bond donors (Lipinski definition) is 2. The van der Waals surface area contributed by atoms with Gasteiger partial charge in [-0.05, 0) is 40.0 Å². The fourth-order valence-electron chi connectivity index (χ4n) is 1.88. The molecule has 0 saturated carbocycles. The minimum atomic E-state index is -4.15. The van der Waals surface area contributed by atoms with Crippen molar-refractivity contribution in [2.45, 2.75) is 64.2 Å². The molecule has 0 saturated heterocycles. The van der Waals surface area contributed by atoms with Crippen LogP contribution in [0.25, 0.3) is 0 Å². The maximum absolute atomic E-state index is 11.9. The van der Waals surface area contributed by atoms with Crippen LogP contribution in [0.15, 0.2) is 0 Å². The van der Waals surface area contributed by atoms with E-state index in [1.807, 2.05) is 13.8 Å². The highest BCUT2D eigenvalue weighted by Crippen LogP contribution is 2.21. The zero-order chi connectivity index (χ0) is 15.8. The first-order valence-electron chi connectivity index (χ1n) is 6.72. The minimum Gasteiger partial charge on any atom is -0.480 e. The lowest BCUT2D eigenvalue weighted by Crippen LogP contribution is -2.52. The maximum atomic E-state index is 11.9. The van der Waals surface area contributed by atoms with Gasteiger partial charge in [0.25, 0.3) is 0 Å². The summed E-state index contributed by atoms with van der Waals surface area (Å²) in [7, 11) is 0. The summed E-state index contributed by atoms with van der Waals surface area (Å²) in [6.07, 6.45) is -4.22. The second-order valence-corrected chi connectivity index (χ2v) is 5.37. The third kappa shape index (κ3) is 9.14. The normalized spacial score (nSPS) is 15.3. The van der Waals surface area contributed by atoms with Gasteiger partial charge in [-0.25, -0.2) is 0 Å². The number of aliphatic carboxylic acids is 1. The fraction of sp³-hybridized carbons (Fsp3) is 0.923. The third-order valence-electron chi connectivity index (χ3n) is 2.79. The van der Waals surface area contributed by atoms with Crippen LogP contribution < -0.4 is 5.32 Å². The molecule has 0 aliphatic carbocycles. The van der Waals surface area contributed by atoms with Crippen molar-refractivity contribution in [3.8, 4) is 0 Å². The number of alkyl halides is 3. The molecular weight excluding hydrogens is 275 g/mol. The van der Waals surface area contributed by atoms with E-state index in [1.165, 1.54) is 0 Å². The number of ether oxygens (including phenoxy) is 1. The Bertz CT molecular complexity index is 295. The number of nitrogens with one attached hydrogen (secondary N) is 1. The molecule has 120 valence electrons. The van der Waals surface area contributed by atoms with Crippen LogP contribution in [0.5, 0.6) is 0 Å². The van der Waals surface area contributed by atoms with E-state index in [0.717, 1.165) is 0 Å². The predicted octanol–water partition coefficient (Wildman–Crippen LogP) is 2.97. The highest BCUT2D eigenvalue weighted by molar-refractivity contribution is 5.78. The molecule has 7 heteroatoms. The summed E-state index contributed by atoms with van der Waals surface area (Å²) >= 11 is 0. The summed E-state index contributed by atoms with van der Waals surface area (Å²) in [6, 6.07) is 0.0313. The largest absolute Gasteiger partial charge is 0.480 e. The van der Waals surface area contributed by atoms with Gasteiger partial charge >= 0.3 is 12.1 Å². The first kappa shape index (κ1) is 19.2. The molecule has 1 unspecified atom stereocenters. The van der Waals surface area contributed by atoms with Gasteiger partial charge < -0.3 is 9.84 Å². The molecule has 0 fully saturated rings. The van der Waals surface area contributed by atoms with Crippen molar-refractivity contribution >= 4 is 5.97 Å². The third-order valence-corrected chi connectivity index (χ3v) is 2.79. The van der Waals surface area contributed by atoms with E-state index in [2.05, 4.69) is 5.32 Å². The average Bonchev–Trinajstić information content (AvgIpc) is 2.25. The summed E-state index contributed by atoms with van der Waals surface area (Å²) in [6.45, 7) is 5.62. The van der Waals surface area contributed by atoms with E-state index in [0.29, 0.717) is 12.8 Å². The van der Waals surface area contributed by atoms with Crippen LogP contribution in [0, 0.1) is 0 Å². The number of carbonyl (C=O) groups is 1. The molecule has 0 aromatic carbocycles. The zero-order valence-electron chi connectivity index (χ0n) is 12.2. The number of carboxylic acid groups (broad SMARTS) is 1. The van der Waals surface area contributed by atoms with Crippen LogP contribution >= 0.6 is 0 Å². The van der Waals surface area contributed by atoms with Crippen molar-refractivity contribution in [2.24, 2.45) is 0 Å². The lowest BCUT2D eigenvalue weighted by molar-refractivity contribution is -0.145. The Labute approximate surface area is 117 Å². The van der Waals surface area contributed by atoms with Crippen molar-refractivity contribution in [1.82, 2.24) is 5.32 Å². The van der Waals surface area contributed by atoms with Gasteiger partial charge in [-0.2, -0.15) is 13.2 Å². The van der Waals surface area contributed by atoms with Crippen molar-refractivity contribution in [3.63, 3.8) is 0 Å². The van der Waals surface area contributed by atoms with Gasteiger partial charge in [0.1, 0.15) is 5.54 Å². The van der Waals surface area contributed by atoms with Crippen LogP contribution in [0.3, 0.4) is 0 Å². The van der Waals surface area contributed by atoms with Gasteiger partial charge in [-0.15, -0.1) is 0 Å². The molecule has 0 rings (SSSR count). The number of rotatable bonds is 10. The van der Waals surface area contributed by atoms with E-state index in [-0.39, 0.29) is 25.7 Å². The molecule has 4 nitrogen and oxygen atoms in total. The van der Waals surface area contributed by atoms with Crippen molar-refractivity contribution in [3.05, 3.63) is 0 Å². The number of hydrogen-bond acceptors (Lipinski definition) is 3. The zero-order valence-corrected chi connectivity index (χ0v) is 12.2. The molecule has 0 aliphatic rings. The Hall–Kier alpha value is -0.820. The molecule has 0 bridgehead atoms. The van der Waals surface area contributed by atoms with Crippen molar-refractivity contribution < 1.29 is 27.8 Å². The number of carboxylic acids is 1. The molecule has 1 atom stereocenters. The maximum Gasteiger partial charge on any atom is 0.389 e. The molecule has 20 heavy (non-hydrogen) atoms. The van der Waals surface area contributed by atoms with Crippen LogP contribution in [0.2, 0.25) is 0 Å². The van der Waals surface area contributed by atoms with Gasteiger partial charge in [0.05, 0.1) is 0 Å². The second kappa shape index (κ2) is 8.46. The molecular formula is C13H24F3NO3. The van der Waals surface area contributed by atoms with Crippen LogP contribution in [-0.4, -0.2) is 42.0 Å². The summed E-state index contributed by atoms with van der Waals surface area (Å²) in [5.41, 5.74) is -1.04. The highest BCUT2D eigenvalue weighted by Gasteiger charge is 2.32. The molecule has 0 aromatic heterocycles. The molecule has 2 N–H and O–H groups in total. The highest BCUT2D eigenvalue weighted by atomic mass is 19.4. The molecule has 0 spiro atoms. The molecule has 0 amide bonds. The van der Waals surface area contributed by atoms with Crippen molar-refractivity contribution in [1.29, 1.82) is 0 Å². The molecule has 0 heterocycles. The molecule has 0 aliphatic heterocycles. The van der Waals surface area contributed by atoms with Gasteiger partial charge in [-0.3, -0.25) is 10.1 Å². The Balaban J connectivity index is 3.83. The first-order valence-corrected chi connectivity index (χ1v) is 6.72. The SMILES string of the molecule is CC(C)NC(C)(CCCOCCCC(F)(F)F)C(=O)O. The van der Waals surface area contributed by atoms with E-state index in [1.54, 1.807) is 6.92 Å². The smallest absolute Gasteiger partial charge is 0.389 e. The van der Waals surface area contributed by atoms with E-state index < -0.39 is 24.1 Å². The van der Waals surface area contributed by atoms with Gasteiger partial charge in [0.15, 0.2) is 0 Å². The molecule has 0 aromatic rings. The van der Waals surface area contributed by atoms with Gasteiger partial charge in [0, 0.05) is 25.7 Å². The second-order valence-electron chi connectivity index (χ2n) is 5.37. The Morgan fingerprint density at radius 1 is 1.20 bits per heavy atom. The number of halogens is 3. The van der Waals surface area contributed by atoms with Crippen LogP contribution in [0.1, 0.15) is 46.5 Å². The lowest BCUT2D eigenvalue weighted by atomic mass is 9.95. The molecule has 0 radical (unpaired) electrons. The summed E-state index contributed by atoms with van der Waals surface area (Å²) in [5, 5.41) is 12.2. The van der Waals surface area contributed by atoms with Crippen LogP contribution in [-0.2, 0) is 9.53 Å². The quantitative estimate of drug-likeness (QED) is 0.609. The van der Waals surface area contributed by atoms with E-state index >= 15 is 0 Å². The predicted molar refractivity (Wildman–Crippen MR) is 69.7 cm³/mol. The fourth-order valence-corrected chi connectivity index (χ4v) is 1.88. The van der Waals surface area contributed by atoms with E-state index in [9.17, 15) is 23.1 Å². The van der Waals surface area contributed by atoms with Gasteiger partial charge in [0.2, 0.25) is 0 Å². The standard InChI is InChI=1S/C13H24F3NO3/c1-10(2)17-12(3,11(18)19)6-4-8-20-9-5-7-13(14,15)16/h10,17H,4-9H2,1-3H3,(H,18,19). The summed E-state index contributed by atoms with van der Waals surface area (Å²) in [5.74, 6) is -0.941.